The van der Waals surface area contributed by atoms with Crippen molar-refractivity contribution in [3.8, 4) is 11.4 Å². The Bertz CT molecular complexity index is 1240. The Balaban J connectivity index is 1.58. The van der Waals surface area contributed by atoms with E-state index in [1.165, 1.54) is 11.3 Å². The highest BCUT2D eigenvalue weighted by atomic mass is 35.5. The van der Waals surface area contributed by atoms with Crippen molar-refractivity contribution in [1.82, 2.24) is 19.7 Å². The lowest BCUT2D eigenvalue weighted by Gasteiger charge is -2.04. The van der Waals surface area contributed by atoms with Gasteiger partial charge in [-0.3, -0.25) is 15.1 Å². The van der Waals surface area contributed by atoms with Crippen LogP contribution in [0.5, 0.6) is 0 Å². The van der Waals surface area contributed by atoms with Crippen molar-refractivity contribution in [3.05, 3.63) is 80.6 Å². The summed E-state index contributed by atoms with van der Waals surface area (Å²) in [6, 6.07) is 13.9. The fraction of sp³-hybridized carbons (Fsp3) is 0.217. The number of aryl methyl sites for hydroxylation is 4. The number of halogens is 1. The Kier molecular flexibility index (Phi) is 5.89. The molecule has 158 valence electrons. The Morgan fingerprint density at radius 3 is 2.55 bits per heavy atom. The number of nitrogens with one attached hydrogen (secondary N) is 1. The third-order valence-electron chi connectivity index (χ3n) is 4.83. The molecule has 0 aliphatic carbocycles. The zero-order valence-corrected chi connectivity index (χ0v) is 19.3. The van der Waals surface area contributed by atoms with E-state index < -0.39 is 0 Å². The molecule has 1 aromatic carbocycles. The van der Waals surface area contributed by atoms with Gasteiger partial charge in [-0.05, 0) is 51.0 Å². The predicted molar refractivity (Wildman–Crippen MR) is 125 cm³/mol. The first-order valence-corrected chi connectivity index (χ1v) is 11.0. The molecule has 0 radical (unpaired) electrons. The molecule has 31 heavy (non-hydrogen) atoms. The SMILES string of the molecule is Cc1cc(C)nc(-c2nc(NC(=O)c3c(C)nn(Cc4ccccc4)c3Cl)sc2C)c1. The van der Waals surface area contributed by atoms with E-state index in [1.807, 2.05) is 63.2 Å². The number of anilines is 1. The quantitative estimate of drug-likeness (QED) is 0.429. The van der Waals surface area contributed by atoms with E-state index in [4.69, 9.17) is 11.6 Å². The number of carbonyl (C=O) groups excluding carboxylic acids is 1. The monoisotopic (exact) mass is 451 g/mol. The van der Waals surface area contributed by atoms with Crippen LogP contribution in [0.25, 0.3) is 11.4 Å². The minimum Gasteiger partial charge on any atom is -0.298 e. The number of rotatable bonds is 5. The molecule has 8 heteroatoms. The lowest BCUT2D eigenvalue weighted by molar-refractivity contribution is 0.102. The summed E-state index contributed by atoms with van der Waals surface area (Å²) in [5, 5.41) is 8.15. The van der Waals surface area contributed by atoms with E-state index >= 15 is 0 Å². The number of benzene rings is 1. The fourth-order valence-electron chi connectivity index (χ4n) is 3.48. The molecule has 0 atom stereocenters. The summed E-state index contributed by atoms with van der Waals surface area (Å²) < 4.78 is 1.64. The molecule has 1 N–H and O–H groups in total. The van der Waals surface area contributed by atoms with E-state index in [1.54, 1.807) is 11.6 Å². The summed E-state index contributed by atoms with van der Waals surface area (Å²) in [6.45, 7) is 8.23. The van der Waals surface area contributed by atoms with Gasteiger partial charge in [0.2, 0.25) is 0 Å². The van der Waals surface area contributed by atoms with Crippen LogP contribution in [0.3, 0.4) is 0 Å². The highest BCUT2D eigenvalue weighted by Crippen LogP contribution is 2.31. The van der Waals surface area contributed by atoms with Crippen molar-refractivity contribution in [3.63, 3.8) is 0 Å². The standard InChI is InChI=1S/C23H22ClN5OS/c1-13-10-14(2)25-18(11-13)20-16(4)31-23(26-20)27-22(30)19-15(3)28-29(21(19)24)12-17-8-6-5-7-9-17/h5-11H,12H2,1-4H3,(H,26,27,30). The molecule has 0 spiro atoms. The zero-order chi connectivity index (χ0) is 22.1. The average Bonchev–Trinajstić information content (AvgIpc) is 3.20. The van der Waals surface area contributed by atoms with Gasteiger partial charge in [0.05, 0.1) is 23.5 Å². The van der Waals surface area contributed by atoms with Crippen molar-refractivity contribution in [1.29, 1.82) is 0 Å². The highest BCUT2D eigenvalue weighted by molar-refractivity contribution is 7.16. The van der Waals surface area contributed by atoms with Gasteiger partial charge in [0, 0.05) is 10.6 Å². The second kappa shape index (κ2) is 8.61. The van der Waals surface area contributed by atoms with Gasteiger partial charge >= 0.3 is 0 Å². The Morgan fingerprint density at radius 2 is 1.84 bits per heavy atom. The lowest BCUT2D eigenvalue weighted by atomic mass is 10.2. The molecule has 0 fully saturated rings. The number of pyridine rings is 1. The van der Waals surface area contributed by atoms with Crippen molar-refractivity contribution in [2.45, 2.75) is 34.2 Å². The summed E-state index contributed by atoms with van der Waals surface area (Å²) in [6.07, 6.45) is 0. The molecular formula is C23H22ClN5OS. The lowest BCUT2D eigenvalue weighted by Crippen LogP contribution is -2.13. The van der Waals surface area contributed by atoms with Gasteiger partial charge in [-0.25, -0.2) is 9.67 Å². The van der Waals surface area contributed by atoms with Crippen LogP contribution in [0.1, 0.15) is 37.7 Å². The number of hydrogen-bond donors (Lipinski definition) is 1. The summed E-state index contributed by atoms with van der Waals surface area (Å²) in [4.78, 5) is 23.2. The minimum atomic E-state index is -0.324. The van der Waals surface area contributed by atoms with Gasteiger partial charge in [0.15, 0.2) is 5.13 Å². The second-order valence-corrected chi connectivity index (χ2v) is 9.00. The second-order valence-electron chi connectivity index (χ2n) is 7.44. The molecule has 4 aromatic rings. The van der Waals surface area contributed by atoms with Gasteiger partial charge in [0.25, 0.3) is 5.91 Å². The van der Waals surface area contributed by atoms with Gasteiger partial charge < -0.3 is 0 Å². The molecule has 0 unspecified atom stereocenters. The topological polar surface area (TPSA) is 72.7 Å². The molecule has 0 aliphatic rings. The van der Waals surface area contributed by atoms with Crippen LogP contribution in [0.15, 0.2) is 42.5 Å². The van der Waals surface area contributed by atoms with Crippen LogP contribution in [0, 0.1) is 27.7 Å². The van der Waals surface area contributed by atoms with Crippen LogP contribution in [0.4, 0.5) is 5.13 Å². The average molecular weight is 452 g/mol. The van der Waals surface area contributed by atoms with Crippen LogP contribution < -0.4 is 5.32 Å². The summed E-state index contributed by atoms with van der Waals surface area (Å²) in [5.41, 5.74) is 5.61. The van der Waals surface area contributed by atoms with Crippen molar-refractivity contribution >= 4 is 34.0 Å². The first kappa shape index (κ1) is 21.2. The van der Waals surface area contributed by atoms with Crippen LogP contribution in [-0.2, 0) is 6.54 Å². The highest BCUT2D eigenvalue weighted by Gasteiger charge is 2.22. The van der Waals surface area contributed by atoms with E-state index in [2.05, 4.69) is 20.4 Å². The van der Waals surface area contributed by atoms with Gasteiger partial charge in [0.1, 0.15) is 10.8 Å². The van der Waals surface area contributed by atoms with Crippen LogP contribution >= 0.6 is 22.9 Å². The number of hydrogen-bond acceptors (Lipinski definition) is 5. The van der Waals surface area contributed by atoms with Gasteiger partial charge in [-0.1, -0.05) is 41.9 Å². The van der Waals surface area contributed by atoms with Crippen molar-refractivity contribution in [2.24, 2.45) is 0 Å². The molecule has 0 aliphatic heterocycles. The number of amides is 1. The summed E-state index contributed by atoms with van der Waals surface area (Å²) in [7, 11) is 0. The maximum atomic E-state index is 13.0. The van der Waals surface area contributed by atoms with Gasteiger partial charge in [-0.15, -0.1) is 11.3 Å². The third-order valence-corrected chi connectivity index (χ3v) is 6.10. The van der Waals surface area contributed by atoms with Crippen molar-refractivity contribution in [2.75, 3.05) is 5.32 Å². The first-order valence-electron chi connectivity index (χ1n) is 9.83. The maximum absolute atomic E-state index is 13.0. The number of aromatic nitrogens is 4. The first-order chi connectivity index (χ1) is 14.8. The molecular weight excluding hydrogens is 430 g/mol. The number of nitrogens with zero attached hydrogens (tertiary/aromatic N) is 4. The van der Waals surface area contributed by atoms with Crippen molar-refractivity contribution < 1.29 is 4.79 Å². The summed E-state index contributed by atoms with van der Waals surface area (Å²) in [5.74, 6) is -0.324. The van der Waals surface area contributed by atoms with Gasteiger partial charge in [-0.2, -0.15) is 5.10 Å². The Hall–Kier alpha value is -3.03. The molecule has 3 aromatic heterocycles. The molecule has 0 saturated heterocycles. The summed E-state index contributed by atoms with van der Waals surface area (Å²) >= 11 is 7.93. The molecule has 0 saturated carbocycles. The maximum Gasteiger partial charge on any atom is 0.262 e. The molecule has 0 bridgehead atoms. The smallest absolute Gasteiger partial charge is 0.262 e. The van der Waals surface area contributed by atoms with E-state index in [-0.39, 0.29) is 5.91 Å². The molecule has 4 rings (SSSR count). The Labute approximate surface area is 189 Å². The predicted octanol–water partition coefficient (Wildman–Crippen LogP) is 5.59. The molecule has 6 nitrogen and oxygen atoms in total. The molecule has 3 heterocycles. The normalized spacial score (nSPS) is 11.0. The van der Waals surface area contributed by atoms with E-state index in [0.29, 0.717) is 28.1 Å². The van der Waals surface area contributed by atoms with E-state index in [0.717, 1.165) is 33.1 Å². The largest absolute Gasteiger partial charge is 0.298 e. The number of carbonyl (C=O) groups is 1. The van der Waals surface area contributed by atoms with E-state index in [9.17, 15) is 4.79 Å². The molecule has 1 amide bonds. The Morgan fingerprint density at radius 1 is 1.10 bits per heavy atom. The zero-order valence-electron chi connectivity index (χ0n) is 17.7. The minimum absolute atomic E-state index is 0.309. The third kappa shape index (κ3) is 4.52. The number of thiazole rings is 1. The van der Waals surface area contributed by atoms with Crippen LogP contribution in [0.2, 0.25) is 5.15 Å². The fourth-order valence-corrected chi connectivity index (χ4v) is 4.62. The van der Waals surface area contributed by atoms with Crippen LogP contribution in [-0.4, -0.2) is 25.7 Å².